The van der Waals surface area contributed by atoms with Crippen molar-refractivity contribution in [2.75, 3.05) is 0 Å². The molecule has 3 N–H and O–H groups in total. The van der Waals surface area contributed by atoms with Gasteiger partial charge in [-0.1, -0.05) is 0 Å². The number of rotatable bonds is 4. The van der Waals surface area contributed by atoms with E-state index in [4.69, 9.17) is 5.84 Å². The Labute approximate surface area is 115 Å². The molecule has 0 saturated heterocycles. The zero-order valence-electron chi connectivity index (χ0n) is 10.6. The number of thiazole rings is 1. The zero-order chi connectivity index (χ0) is 13.2. The molecule has 0 radical (unpaired) electrons. The Morgan fingerprint density at radius 1 is 1.53 bits per heavy atom. The molecule has 0 aromatic carbocycles. The van der Waals surface area contributed by atoms with Crippen molar-refractivity contribution in [1.82, 2.24) is 19.8 Å². The highest BCUT2D eigenvalue weighted by molar-refractivity contribution is 7.15. The summed E-state index contributed by atoms with van der Waals surface area (Å²) < 4.78 is 2.03. The minimum atomic E-state index is 0.0475. The second kappa shape index (κ2) is 5.08. The fourth-order valence-electron chi connectivity index (χ4n) is 2.14. The van der Waals surface area contributed by atoms with Gasteiger partial charge in [-0.2, -0.15) is 0 Å². The molecular formula is C13H15N5S. The SMILES string of the molecule is Cc1cc(C(Cc2cn3ccsc3n2)NN)ccn1. The van der Waals surface area contributed by atoms with Gasteiger partial charge in [0.15, 0.2) is 4.96 Å². The molecule has 3 aromatic rings. The summed E-state index contributed by atoms with van der Waals surface area (Å²) in [6, 6.07) is 4.07. The number of nitrogens with zero attached hydrogens (tertiary/aromatic N) is 3. The van der Waals surface area contributed by atoms with Crippen LogP contribution in [-0.2, 0) is 6.42 Å². The summed E-state index contributed by atoms with van der Waals surface area (Å²) >= 11 is 1.63. The van der Waals surface area contributed by atoms with Crippen LogP contribution in [-0.4, -0.2) is 14.4 Å². The van der Waals surface area contributed by atoms with Crippen LogP contribution in [0.5, 0.6) is 0 Å². The molecule has 1 atom stereocenters. The Bertz CT molecular complexity index is 658. The van der Waals surface area contributed by atoms with E-state index in [0.717, 1.165) is 28.3 Å². The fraction of sp³-hybridized carbons (Fsp3) is 0.231. The number of pyridine rings is 1. The quantitative estimate of drug-likeness (QED) is 0.562. The van der Waals surface area contributed by atoms with Crippen LogP contribution in [0, 0.1) is 6.92 Å². The maximum atomic E-state index is 5.67. The summed E-state index contributed by atoms with van der Waals surface area (Å²) in [5.41, 5.74) is 6.01. The normalized spacial score (nSPS) is 12.9. The van der Waals surface area contributed by atoms with Crippen molar-refractivity contribution in [1.29, 1.82) is 0 Å². The Hall–Kier alpha value is -1.76. The number of imidazole rings is 1. The average molecular weight is 273 g/mol. The van der Waals surface area contributed by atoms with Gasteiger partial charge < -0.3 is 0 Å². The lowest BCUT2D eigenvalue weighted by molar-refractivity contribution is 0.546. The molecule has 0 aliphatic carbocycles. The molecule has 0 aliphatic rings. The maximum Gasteiger partial charge on any atom is 0.193 e. The summed E-state index contributed by atoms with van der Waals surface area (Å²) in [6.45, 7) is 1.98. The number of hydrazine groups is 1. The molecule has 3 aromatic heterocycles. The first-order chi connectivity index (χ1) is 9.26. The monoisotopic (exact) mass is 273 g/mol. The van der Waals surface area contributed by atoms with Crippen LogP contribution in [0.4, 0.5) is 0 Å². The van der Waals surface area contributed by atoms with Gasteiger partial charge in [-0.3, -0.25) is 20.7 Å². The molecule has 6 heteroatoms. The fourth-order valence-corrected chi connectivity index (χ4v) is 2.86. The van der Waals surface area contributed by atoms with Gasteiger partial charge in [0.25, 0.3) is 0 Å². The Morgan fingerprint density at radius 2 is 2.42 bits per heavy atom. The molecule has 0 fully saturated rings. The van der Waals surface area contributed by atoms with E-state index in [0.29, 0.717) is 0 Å². The van der Waals surface area contributed by atoms with Gasteiger partial charge in [-0.25, -0.2) is 4.98 Å². The first-order valence-corrected chi connectivity index (χ1v) is 6.94. The molecule has 0 saturated carbocycles. The van der Waals surface area contributed by atoms with Crippen molar-refractivity contribution in [2.24, 2.45) is 5.84 Å². The number of aryl methyl sites for hydroxylation is 1. The smallest absolute Gasteiger partial charge is 0.193 e. The number of nitrogens with two attached hydrogens (primary N) is 1. The Kier molecular flexibility index (Phi) is 3.29. The molecule has 0 amide bonds. The van der Waals surface area contributed by atoms with Crippen LogP contribution in [0.25, 0.3) is 4.96 Å². The van der Waals surface area contributed by atoms with Crippen molar-refractivity contribution in [3.05, 3.63) is 53.1 Å². The van der Waals surface area contributed by atoms with Crippen LogP contribution >= 0.6 is 11.3 Å². The predicted molar refractivity (Wildman–Crippen MR) is 75.8 cm³/mol. The lowest BCUT2D eigenvalue weighted by Gasteiger charge is -2.15. The van der Waals surface area contributed by atoms with E-state index in [1.807, 2.05) is 41.2 Å². The zero-order valence-corrected chi connectivity index (χ0v) is 11.4. The van der Waals surface area contributed by atoms with Crippen molar-refractivity contribution < 1.29 is 0 Å². The molecular weight excluding hydrogens is 258 g/mol. The average Bonchev–Trinajstić information content (AvgIpc) is 2.96. The van der Waals surface area contributed by atoms with E-state index >= 15 is 0 Å². The maximum absolute atomic E-state index is 5.67. The molecule has 3 rings (SSSR count). The van der Waals surface area contributed by atoms with Crippen molar-refractivity contribution in [3.63, 3.8) is 0 Å². The van der Waals surface area contributed by atoms with E-state index < -0.39 is 0 Å². The number of fused-ring (bicyclic) bond motifs is 1. The third-order valence-corrected chi connectivity index (χ3v) is 3.85. The summed E-state index contributed by atoms with van der Waals surface area (Å²) in [6.07, 6.45) is 6.62. The highest BCUT2D eigenvalue weighted by Gasteiger charge is 2.13. The Balaban J connectivity index is 1.85. The molecule has 19 heavy (non-hydrogen) atoms. The Morgan fingerprint density at radius 3 is 3.16 bits per heavy atom. The molecule has 1 unspecified atom stereocenters. The van der Waals surface area contributed by atoms with Gasteiger partial charge in [0.2, 0.25) is 0 Å². The van der Waals surface area contributed by atoms with Crippen molar-refractivity contribution >= 4 is 16.3 Å². The summed E-state index contributed by atoms with van der Waals surface area (Å²) in [5, 5.41) is 2.02. The molecule has 98 valence electrons. The number of nitrogens with one attached hydrogen (secondary N) is 1. The topological polar surface area (TPSA) is 68.2 Å². The number of hydrogen-bond donors (Lipinski definition) is 2. The minimum Gasteiger partial charge on any atom is -0.297 e. The number of aromatic nitrogens is 3. The molecule has 0 bridgehead atoms. The molecule has 5 nitrogen and oxygen atoms in total. The van der Waals surface area contributed by atoms with E-state index in [9.17, 15) is 0 Å². The lowest BCUT2D eigenvalue weighted by Crippen LogP contribution is -2.29. The summed E-state index contributed by atoms with van der Waals surface area (Å²) in [4.78, 5) is 9.79. The van der Waals surface area contributed by atoms with Gasteiger partial charge in [-0.05, 0) is 24.6 Å². The van der Waals surface area contributed by atoms with Gasteiger partial charge in [-0.15, -0.1) is 11.3 Å². The second-order valence-corrected chi connectivity index (χ2v) is 5.35. The van der Waals surface area contributed by atoms with E-state index in [1.165, 1.54) is 0 Å². The van der Waals surface area contributed by atoms with Crippen LogP contribution in [0.3, 0.4) is 0 Å². The highest BCUT2D eigenvalue weighted by atomic mass is 32.1. The van der Waals surface area contributed by atoms with Crippen LogP contribution in [0.2, 0.25) is 0 Å². The molecule has 3 heterocycles. The third kappa shape index (κ3) is 2.51. The molecule has 0 aliphatic heterocycles. The largest absolute Gasteiger partial charge is 0.297 e. The van der Waals surface area contributed by atoms with Crippen LogP contribution < -0.4 is 11.3 Å². The van der Waals surface area contributed by atoms with Crippen LogP contribution in [0.15, 0.2) is 36.1 Å². The third-order valence-electron chi connectivity index (χ3n) is 3.08. The van der Waals surface area contributed by atoms with E-state index in [-0.39, 0.29) is 6.04 Å². The van der Waals surface area contributed by atoms with E-state index in [2.05, 4.69) is 15.4 Å². The molecule has 0 spiro atoms. The summed E-state index contributed by atoms with van der Waals surface area (Å²) in [5.74, 6) is 5.67. The van der Waals surface area contributed by atoms with Gasteiger partial charge in [0.1, 0.15) is 0 Å². The summed E-state index contributed by atoms with van der Waals surface area (Å²) in [7, 11) is 0. The predicted octanol–water partition coefficient (Wildman–Crippen LogP) is 1.85. The van der Waals surface area contributed by atoms with Gasteiger partial charge >= 0.3 is 0 Å². The lowest BCUT2D eigenvalue weighted by atomic mass is 10.0. The highest BCUT2D eigenvalue weighted by Crippen LogP contribution is 2.19. The van der Waals surface area contributed by atoms with Crippen molar-refractivity contribution in [2.45, 2.75) is 19.4 Å². The van der Waals surface area contributed by atoms with Gasteiger partial charge in [0, 0.05) is 36.1 Å². The first kappa shape index (κ1) is 12.3. The first-order valence-electron chi connectivity index (χ1n) is 6.06. The van der Waals surface area contributed by atoms with E-state index in [1.54, 1.807) is 17.5 Å². The van der Waals surface area contributed by atoms with Crippen molar-refractivity contribution in [3.8, 4) is 0 Å². The standard InChI is InChI=1S/C13H15N5S/c1-9-6-10(2-3-15-9)12(17-14)7-11-8-18-4-5-19-13(18)16-11/h2-6,8,12,17H,7,14H2,1H3. The second-order valence-electron chi connectivity index (χ2n) is 4.48. The minimum absolute atomic E-state index is 0.0475. The van der Waals surface area contributed by atoms with Gasteiger partial charge in [0.05, 0.1) is 11.7 Å². The number of hydrogen-bond acceptors (Lipinski definition) is 5. The van der Waals surface area contributed by atoms with Crippen LogP contribution in [0.1, 0.15) is 23.0 Å².